The average molecular weight is 409 g/mol. The van der Waals surface area contributed by atoms with Crippen molar-refractivity contribution in [2.45, 2.75) is 4.83 Å². The highest BCUT2D eigenvalue weighted by molar-refractivity contribution is 14.1. The Kier molecular flexibility index (Phi) is 4.14. The maximum absolute atomic E-state index is 13.6. The van der Waals surface area contributed by atoms with E-state index in [0.717, 1.165) is 15.2 Å². The SMILES string of the molecule is Fc1ccc(C(Br)c2ccccc2I)c(F)c1. The first-order chi connectivity index (χ1) is 8.09. The van der Waals surface area contributed by atoms with Gasteiger partial charge in [-0.2, -0.15) is 0 Å². The number of alkyl halides is 1. The molecule has 0 N–H and O–H groups in total. The van der Waals surface area contributed by atoms with Crippen LogP contribution in [0.25, 0.3) is 0 Å². The highest BCUT2D eigenvalue weighted by atomic mass is 127. The molecule has 17 heavy (non-hydrogen) atoms. The van der Waals surface area contributed by atoms with Crippen LogP contribution in [0.4, 0.5) is 8.78 Å². The molecule has 0 amide bonds. The van der Waals surface area contributed by atoms with E-state index in [4.69, 9.17) is 0 Å². The van der Waals surface area contributed by atoms with Crippen molar-refractivity contribution < 1.29 is 8.78 Å². The monoisotopic (exact) mass is 408 g/mol. The summed E-state index contributed by atoms with van der Waals surface area (Å²) in [6.45, 7) is 0. The molecule has 2 aromatic carbocycles. The Hall–Kier alpha value is -0.490. The zero-order valence-electron chi connectivity index (χ0n) is 8.63. The van der Waals surface area contributed by atoms with Crippen molar-refractivity contribution in [3.63, 3.8) is 0 Å². The molecule has 88 valence electrons. The summed E-state index contributed by atoms with van der Waals surface area (Å²) < 4.78 is 27.5. The summed E-state index contributed by atoms with van der Waals surface area (Å²) >= 11 is 5.65. The van der Waals surface area contributed by atoms with Gasteiger partial charge in [0.15, 0.2) is 0 Å². The average Bonchev–Trinajstić information content (AvgIpc) is 2.29. The fourth-order valence-electron chi connectivity index (χ4n) is 1.56. The molecule has 0 aliphatic carbocycles. The maximum atomic E-state index is 13.6. The number of hydrogen-bond acceptors (Lipinski definition) is 0. The topological polar surface area (TPSA) is 0 Å². The van der Waals surface area contributed by atoms with Crippen molar-refractivity contribution in [2.75, 3.05) is 0 Å². The van der Waals surface area contributed by atoms with Crippen LogP contribution in [0, 0.1) is 15.2 Å². The minimum atomic E-state index is -0.561. The highest BCUT2D eigenvalue weighted by Gasteiger charge is 2.17. The Balaban J connectivity index is 2.44. The molecule has 0 saturated carbocycles. The Morgan fingerprint density at radius 3 is 2.35 bits per heavy atom. The molecular weight excluding hydrogens is 401 g/mol. The second-order valence-corrected chi connectivity index (χ2v) is 5.63. The third kappa shape index (κ3) is 2.85. The lowest BCUT2D eigenvalue weighted by Crippen LogP contribution is -1.99. The summed E-state index contributed by atoms with van der Waals surface area (Å²) in [6, 6.07) is 11.3. The van der Waals surface area contributed by atoms with E-state index in [1.54, 1.807) is 0 Å². The van der Waals surface area contributed by atoms with Crippen molar-refractivity contribution in [1.82, 2.24) is 0 Å². The standard InChI is InChI=1S/C13H8BrF2I/c14-13(10-3-1-2-4-12(10)17)9-6-5-8(15)7-11(9)16/h1-7,13H. The summed E-state index contributed by atoms with van der Waals surface area (Å²) in [5.41, 5.74) is 1.41. The van der Waals surface area contributed by atoms with Crippen LogP contribution in [-0.4, -0.2) is 0 Å². The van der Waals surface area contributed by atoms with Gasteiger partial charge in [-0.05, 0) is 40.3 Å². The molecule has 1 atom stereocenters. The molecule has 2 aromatic rings. The van der Waals surface area contributed by atoms with E-state index < -0.39 is 11.6 Å². The van der Waals surface area contributed by atoms with Gasteiger partial charge in [0.05, 0.1) is 4.83 Å². The third-order valence-corrected chi connectivity index (χ3v) is 4.38. The molecular formula is C13H8BrF2I. The van der Waals surface area contributed by atoms with E-state index in [-0.39, 0.29) is 4.83 Å². The van der Waals surface area contributed by atoms with Gasteiger partial charge in [-0.1, -0.05) is 40.2 Å². The molecule has 0 aliphatic rings. The van der Waals surface area contributed by atoms with Gasteiger partial charge in [0.2, 0.25) is 0 Å². The molecule has 0 bridgehead atoms. The number of hydrogen-bond donors (Lipinski definition) is 0. The second-order valence-electron chi connectivity index (χ2n) is 3.55. The van der Waals surface area contributed by atoms with Gasteiger partial charge >= 0.3 is 0 Å². The van der Waals surface area contributed by atoms with Gasteiger partial charge in [0.1, 0.15) is 11.6 Å². The molecule has 4 heteroatoms. The van der Waals surface area contributed by atoms with Crippen molar-refractivity contribution in [3.05, 3.63) is 68.8 Å². The molecule has 0 nitrogen and oxygen atoms in total. The molecule has 0 radical (unpaired) electrons. The summed E-state index contributed by atoms with van der Waals surface area (Å²) in [4.78, 5) is -0.267. The Bertz CT molecular complexity index is 543. The van der Waals surface area contributed by atoms with Crippen molar-refractivity contribution in [3.8, 4) is 0 Å². The molecule has 1 unspecified atom stereocenters. The van der Waals surface area contributed by atoms with Crippen molar-refractivity contribution in [2.24, 2.45) is 0 Å². The molecule has 0 heterocycles. The first kappa shape index (κ1) is 13.0. The molecule has 0 aromatic heterocycles. The highest BCUT2D eigenvalue weighted by Crippen LogP contribution is 2.34. The molecule has 0 fully saturated rings. The molecule has 2 rings (SSSR count). The maximum Gasteiger partial charge on any atom is 0.130 e. The van der Waals surface area contributed by atoms with Crippen LogP contribution in [0.1, 0.15) is 16.0 Å². The van der Waals surface area contributed by atoms with Gasteiger partial charge < -0.3 is 0 Å². The quantitative estimate of drug-likeness (QED) is 0.481. The summed E-state index contributed by atoms with van der Waals surface area (Å²) in [5, 5.41) is 0. The van der Waals surface area contributed by atoms with E-state index in [1.165, 1.54) is 12.1 Å². The Labute approximate surface area is 120 Å². The summed E-state index contributed by atoms with van der Waals surface area (Å²) in [7, 11) is 0. The van der Waals surface area contributed by atoms with Gasteiger partial charge in [0.25, 0.3) is 0 Å². The zero-order valence-corrected chi connectivity index (χ0v) is 12.4. The number of benzene rings is 2. The normalized spacial score (nSPS) is 12.5. The summed E-state index contributed by atoms with van der Waals surface area (Å²) in [6.07, 6.45) is 0. The minimum absolute atomic E-state index is 0.267. The minimum Gasteiger partial charge on any atom is -0.207 e. The van der Waals surface area contributed by atoms with Gasteiger partial charge in [-0.3, -0.25) is 0 Å². The Morgan fingerprint density at radius 1 is 1.00 bits per heavy atom. The van der Waals surface area contributed by atoms with Crippen LogP contribution < -0.4 is 0 Å². The first-order valence-electron chi connectivity index (χ1n) is 4.93. The van der Waals surface area contributed by atoms with E-state index in [0.29, 0.717) is 5.56 Å². The lowest BCUT2D eigenvalue weighted by Gasteiger charge is -2.13. The van der Waals surface area contributed by atoms with Crippen LogP contribution in [0.3, 0.4) is 0 Å². The van der Waals surface area contributed by atoms with Gasteiger partial charge in [-0.25, -0.2) is 8.78 Å². The van der Waals surface area contributed by atoms with E-state index in [1.807, 2.05) is 24.3 Å². The second kappa shape index (κ2) is 5.44. The van der Waals surface area contributed by atoms with E-state index in [2.05, 4.69) is 38.5 Å². The van der Waals surface area contributed by atoms with Crippen molar-refractivity contribution in [1.29, 1.82) is 0 Å². The third-order valence-electron chi connectivity index (χ3n) is 2.41. The molecule has 0 aliphatic heterocycles. The lowest BCUT2D eigenvalue weighted by molar-refractivity contribution is 0.574. The molecule has 0 spiro atoms. The van der Waals surface area contributed by atoms with Crippen LogP contribution in [0.5, 0.6) is 0 Å². The van der Waals surface area contributed by atoms with Crippen LogP contribution in [0.15, 0.2) is 42.5 Å². The molecule has 0 saturated heterocycles. The van der Waals surface area contributed by atoms with Crippen LogP contribution in [0.2, 0.25) is 0 Å². The first-order valence-corrected chi connectivity index (χ1v) is 6.92. The predicted octanol–water partition coefficient (Wildman–Crippen LogP) is 5.05. The van der Waals surface area contributed by atoms with Gasteiger partial charge in [-0.15, -0.1) is 0 Å². The van der Waals surface area contributed by atoms with Gasteiger partial charge in [0, 0.05) is 15.2 Å². The van der Waals surface area contributed by atoms with Crippen molar-refractivity contribution >= 4 is 38.5 Å². The Morgan fingerprint density at radius 2 is 1.71 bits per heavy atom. The van der Waals surface area contributed by atoms with Crippen LogP contribution >= 0.6 is 38.5 Å². The number of rotatable bonds is 2. The fraction of sp³-hybridized carbons (Fsp3) is 0.0769. The fourth-order valence-corrected chi connectivity index (χ4v) is 3.45. The van der Waals surface area contributed by atoms with Crippen LogP contribution in [-0.2, 0) is 0 Å². The predicted molar refractivity (Wildman–Crippen MR) is 76.3 cm³/mol. The van der Waals surface area contributed by atoms with E-state index >= 15 is 0 Å². The largest absolute Gasteiger partial charge is 0.207 e. The van der Waals surface area contributed by atoms with E-state index in [9.17, 15) is 8.78 Å². The summed E-state index contributed by atoms with van der Waals surface area (Å²) in [5.74, 6) is -1.10. The lowest BCUT2D eigenvalue weighted by atomic mass is 10.0. The zero-order chi connectivity index (χ0) is 12.4. The smallest absolute Gasteiger partial charge is 0.130 e. The number of halogens is 4.